The number of anilines is 3. The quantitative estimate of drug-likeness (QED) is 0.559. The maximum absolute atomic E-state index is 11.3. The number of hydrogen-bond donors (Lipinski definition) is 3. The van der Waals surface area contributed by atoms with Crippen LogP contribution in [0, 0.1) is 13.8 Å². The van der Waals surface area contributed by atoms with E-state index in [4.69, 9.17) is 5.14 Å². The van der Waals surface area contributed by atoms with Crippen molar-refractivity contribution < 1.29 is 8.42 Å². The largest absolute Gasteiger partial charge is 0.353 e. The van der Waals surface area contributed by atoms with E-state index in [1.165, 1.54) is 12.1 Å². The summed E-state index contributed by atoms with van der Waals surface area (Å²) in [4.78, 5) is 4.52. The molecule has 2 aromatic carbocycles. The van der Waals surface area contributed by atoms with Crippen molar-refractivity contribution >= 4 is 27.5 Å². The molecule has 146 valence electrons. The first-order valence-electron chi connectivity index (χ1n) is 8.71. The summed E-state index contributed by atoms with van der Waals surface area (Å²) in [5.41, 5.74) is 4.21. The number of nitrogens with two attached hydrogens (primary N) is 1. The molecule has 0 saturated heterocycles. The molecule has 0 fully saturated rings. The van der Waals surface area contributed by atoms with Gasteiger partial charge < -0.3 is 10.6 Å². The zero-order valence-electron chi connectivity index (χ0n) is 15.7. The van der Waals surface area contributed by atoms with Crippen LogP contribution in [0.3, 0.4) is 0 Å². The second-order valence-electron chi connectivity index (χ2n) is 6.47. The number of primary sulfonamides is 1. The molecule has 1 aromatic heterocycles. The van der Waals surface area contributed by atoms with E-state index >= 15 is 0 Å². The number of aromatic nitrogens is 3. The molecular formula is C19H22N6O2S. The summed E-state index contributed by atoms with van der Waals surface area (Å²) >= 11 is 0. The Hall–Kier alpha value is -3.04. The highest BCUT2D eigenvalue weighted by Crippen LogP contribution is 2.20. The van der Waals surface area contributed by atoms with Crippen LogP contribution in [-0.4, -0.2) is 30.1 Å². The van der Waals surface area contributed by atoms with Gasteiger partial charge in [0.05, 0.1) is 11.1 Å². The van der Waals surface area contributed by atoms with Crippen LogP contribution in [-0.2, 0) is 16.4 Å². The van der Waals surface area contributed by atoms with Crippen LogP contribution in [0.4, 0.5) is 17.5 Å². The number of benzene rings is 2. The van der Waals surface area contributed by atoms with Crippen LogP contribution in [0.25, 0.3) is 0 Å². The number of rotatable bonds is 7. The van der Waals surface area contributed by atoms with Crippen LogP contribution >= 0.6 is 0 Å². The molecule has 0 saturated carbocycles. The van der Waals surface area contributed by atoms with E-state index in [-0.39, 0.29) is 4.90 Å². The fourth-order valence-corrected chi connectivity index (χ4v) is 3.13. The van der Waals surface area contributed by atoms with E-state index in [1.54, 1.807) is 18.3 Å². The van der Waals surface area contributed by atoms with Crippen molar-refractivity contribution in [2.24, 2.45) is 5.14 Å². The molecule has 0 atom stereocenters. The van der Waals surface area contributed by atoms with Crippen molar-refractivity contribution in [2.45, 2.75) is 25.2 Å². The van der Waals surface area contributed by atoms with Crippen molar-refractivity contribution in [3.63, 3.8) is 0 Å². The topological polar surface area (TPSA) is 123 Å². The Labute approximate surface area is 164 Å². The van der Waals surface area contributed by atoms with E-state index < -0.39 is 10.0 Å². The van der Waals surface area contributed by atoms with Crippen LogP contribution < -0.4 is 15.8 Å². The van der Waals surface area contributed by atoms with Crippen LogP contribution in [0.15, 0.2) is 53.6 Å². The molecule has 0 aliphatic heterocycles. The zero-order chi connectivity index (χ0) is 20.1. The molecule has 0 bridgehead atoms. The fourth-order valence-electron chi connectivity index (χ4n) is 2.61. The number of aryl methyl sites for hydroxylation is 2. The molecule has 0 unspecified atom stereocenters. The van der Waals surface area contributed by atoms with Crippen molar-refractivity contribution in [1.29, 1.82) is 0 Å². The summed E-state index contributed by atoms with van der Waals surface area (Å²) < 4.78 is 22.6. The van der Waals surface area contributed by atoms with E-state index in [9.17, 15) is 8.42 Å². The molecule has 9 heteroatoms. The molecule has 3 aromatic rings. The Morgan fingerprint density at radius 2 is 1.82 bits per heavy atom. The molecule has 3 rings (SSSR count). The lowest BCUT2D eigenvalue weighted by Crippen LogP contribution is -2.12. The van der Waals surface area contributed by atoms with E-state index in [0.29, 0.717) is 24.7 Å². The molecule has 0 amide bonds. The Balaban J connectivity index is 1.60. The third kappa shape index (κ3) is 5.24. The first kappa shape index (κ1) is 19.7. The normalized spacial score (nSPS) is 11.2. The van der Waals surface area contributed by atoms with Gasteiger partial charge in [0, 0.05) is 12.2 Å². The summed E-state index contributed by atoms with van der Waals surface area (Å²) in [6, 6.07) is 12.6. The van der Waals surface area contributed by atoms with Gasteiger partial charge in [-0.1, -0.05) is 24.3 Å². The van der Waals surface area contributed by atoms with Gasteiger partial charge in [-0.3, -0.25) is 0 Å². The van der Waals surface area contributed by atoms with Crippen molar-refractivity contribution in [1.82, 2.24) is 15.2 Å². The summed E-state index contributed by atoms with van der Waals surface area (Å²) in [7, 11) is -3.67. The summed E-state index contributed by atoms with van der Waals surface area (Å²) in [6.07, 6.45) is 2.24. The lowest BCUT2D eigenvalue weighted by Gasteiger charge is -2.10. The molecule has 0 aliphatic carbocycles. The minimum absolute atomic E-state index is 0.0990. The van der Waals surface area contributed by atoms with Crippen LogP contribution in [0.5, 0.6) is 0 Å². The van der Waals surface area contributed by atoms with E-state index in [1.807, 2.05) is 19.9 Å². The standard InChI is InChI=1S/C19H22N6O2S/c1-13-3-4-14(2)17(11-13)23-18-12-22-25-19(24-18)21-10-9-15-5-7-16(8-6-15)28(20,26)27/h3-8,11-12H,9-10H2,1-2H3,(H2,20,26,27)(H2,21,23,24,25). The Morgan fingerprint density at radius 3 is 2.54 bits per heavy atom. The molecular weight excluding hydrogens is 376 g/mol. The maximum Gasteiger partial charge on any atom is 0.244 e. The first-order valence-corrected chi connectivity index (χ1v) is 10.3. The molecule has 0 spiro atoms. The number of sulfonamides is 1. The Kier molecular flexibility index (Phi) is 5.86. The summed E-state index contributed by atoms with van der Waals surface area (Å²) in [6.45, 7) is 4.63. The average Bonchev–Trinajstić information content (AvgIpc) is 2.65. The lowest BCUT2D eigenvalue weighted by molar-refractivity contribution is 0.598. The number of nitrogens with zero attached hydrogens (tertiary/aromatic N) is 3. The van der Waals surface area contributed by atoms with Gasteiger partial charge in [-0.05, 0) is 55.2 Å². The smallest absolute Gasteiger partial charge is 0.244 e. The molecule has 0 radical (unpaired) electrons. The van der Waals surface area contributed by atoms with Gasteiger partial charge in [0.15, 0.2) is 5.82 Å². The third-order valence-electron chi connectivity index (χ3n) is 4.16. The van der Waals surface area contributed by atoms with Gasteiger partial charge in [0.25, 0.3) is 0 Å². The number of nitrogens with one attached hydrogen (secondary N) is 2. The predicted molar refractivity (Wildman–Crippen MR) is 109 cm³/mol. The van der Waals surface area contributed by atoms with Gasteiger partial charge in [-0.15, -0.1) is 5.10 Å². The van der Waals surface area contributed by atoms with Gasteiger partial charge in [0.1, 0.15) is 0 Å². The Bertz CT molecular complexity index is 1070. The highest BCUT2D eigenvalue weighted by atomic mass is 32.2. The molecule has 8 nitrogen and oxygen atoms in total. The minimum Gasteiger partial charge on any atom is -0.353 e. The lowest BCUT2D eigenvalue weighted by atomic mass is 10.1. The SMILES string of the molecule is Cc1ccc(C)c(Nc2cnnc(NCCc3ccc(S(N)(=O)=O)cc3)n2)c1. The summed E-state index contributed by atoms with van der Waals surface area (Å²) in [5, 5.41) is 19.5. The van der Waals surface area contributed by atoms with Gasteiger partial charge in [-0.25, -0.2) is 13.6 Å². The van der Waals surface area contributed by atoms with Gasteiger partial charge in [-0.2, -0.15) is 10.1 Å². The fraction of sp³-hybridized carbons (Fsp3) is 0.211. The second kappa shape index (κ2) is 8.32. The summed E-state index contributed by atoms with van der Waals surface area (Å²) in [5.74, 6) is 1.01. The van der Waals surface area contributed by atoms with Gasteiger partial charge >= 0.3 is 0 Å². The van der Waals surface area contributed by atoms with E-state index in [0.717, 1.165) is 22.4 Å². The first-order chi connectivity index (χ1) is 13.3. The van der Waals surface area contributed by atoms with Crippen molar-refractivity contribution in [3.8, 4) is 0 Å². The molecule has 4 N–H and O–H groups in total. The molecule has 28 heavy (non-hydrogen) atoms. The number of hydrogen-bond acceptors (Lipinski definition) is 7. The molecule has 1 heterocycles. The van der Waals surface area contributed by atoms with Crippen LogP contribution in [0.1, 0.15) is 16.7 Å². The van der Waals surface area contributed by atoms with Crippen molar-refractivity contribution in [2.75, 3.05) is 17.2 Å². The average molecular weight is 398 g/mol. The predicted octanol–water partition coefficient (Wildman–Crippen LogP) is 2.53. The third-order valence-corrected chi connectivity index (χ3v) is 5.09. The van der Waals surface area contributed by atoms with Crippen molar-refractivity contribution in [3.05, 3.63) is 65.4 Å². The zero-order valence-corrected chi connectivity index (χ0v) is 16.5. The second-order valence-corrected chi connectivity index (χ2v) is 8.04. The minimum atomic E-state index is -3.67. The highest BCUT2D eigenvalue weighted by molar-refractivity contribution is 7.89. The monoisotopic (exact) mass is 398 g/mol. The van der Waals surface area contributed by atoms with Crippen LogP contribution in [0.2, 0.25) is 0 Å². The maximum atomic E-state index is 11.3. The molecule has 0 aliphatic rings. The van der Waals surface area contributed by atoms with E-state index in [2.05, 4.69) is 37.9 Å². The Morgan fingerprint density at radius 1 is 1.07 bits per heavy atom. The van der Waals surface area contributed by atoms with Gasteiger partial charge in [0.2, 0.25) is 16.0 Å². The highest BCUT2D eigenvalue weighted by Gasteiger charge is 2.07.